The summed E-state index contributed by atoms with van der Waals surface area (Å²) < 4.78 is 1.55. The van der Waals surface area contributed by atoms with Gasteiger partial charge in [-0.3, -0.25) is 9.59 Å². The van der Waals surface area contributed by atoms with E-state index >= 15 is 0 Å². The van der Waals surface area contributed by atoms with Gasteiger partial charge in [0, 0.05) is 33.1 Å². The molecule has 1 aliphatic heterocycles. The number of aryl methyl sites for hydroxylation is 1. The Balaban J connectivity index is 1.33. The van der Waals surface area contributed by atoms with Gasteiger partial charge in [0.05, 0.1) is 5.69 Å². The molecule has 1 N–H and O–H groups in total. The van der Waals surface area contributed by atoms with Gasteiger partial charge < -0.3 is 15.1 Å². The van der Waals surface area contributed by atoms with Gasteiger partial charge in [-0.2, -0.15) is 5.10 Å². The summed E-state index contributed by atoms with van der Waals surface area (Å²) in [6.45, 7) is 3.18. The van der Waals surface area contributed by atoms with Crippen LogP contribution in [0.2, 0.25) is 0 Å². The molecule has 12 heteroatoms. The number of carbonyl (C=O) groups excluding carboxylic acids is 2. The van der Waals surface area contributed by atoms with E-state index in [1.54, 1.807) is 32.0 Å². The second-order valence-electron chi connectivity index (χ2n) is 7.47. The topological polar surface area (TPSA) is 122 Å². The van der Waals surface area contributed by atoms with Gasteiger partial charge in [0.15, 0.2) is 16.8 Å². The van der Waals surface area contributed by atoms with Crippen LogP contribution in [0.3, 0.4) is 0 Å². The smallest absolute Gasteiger partial charge is 0.265 e. The summed E-state index contributed by atoms with van der Waals surface area (Å²) in [5, 5.41) is 15.9. The average molecular weight is 442 g/mol. The van der Waals surface area contributed by atoms with Crippen molar-refractivity contribution in [3.63, 3.8) is 0 Å². The van der Waals surface area contributed by atoms with Gasteiger partial charge in [0.2, 0.25) is 5.91 Å². The summed E-state index contributed by atoms with van der Waals surface area (Å²) in [6, 6.07) is 3.74. The van der Waals surface area contributed by atoms with Crippen LogP contribution in [0.15, 0.2) is 24.8 Å². The number of amides is 2. The number of anilines is 2. The number of hydrogen-bond acceptors (Lipinski definition) is 9. The van der Waals surface area contributed by atoms with Crippen LogP contribution in [0.25, 0.3) is 5.82 Å². The van der Waals surface area contributed by atoms with Gasteiger partial charge in [-0.1, -0.05) is 11.3 Å². The number of nitrogens with one attached hydrogen (secondary N) is 1. The number of hydrogen-bond donors (Lipinski definition) is 1. The summed E-state index contributed by atoms with van der Waals surface area (Å²) in [5.41, 5.74) is 0.627. The molecule has 1 saturated heterocycles. The van der Waals surface area contributed by atoms with E-state index in [9.17, 15) is 9.59 Å². The summed E-state index contributed by atoms with van der Waals surface area (Å²) in [6.07, 6.45) is 4.41. The van der Waals surface area contributed by atoms with Crippen molar-refractivity contribution in [2.45, 2.75) is 19.8 Å². The fraction of sp³-hybridized carbons (Fsp3) is 0.421. The van der Waals surface area contributed by atoms with Crippen LogP contribution >= 0.6 is 11.3 Å². The Bertz CT molecular complexity index is 1050. The van der Waals surface area contributed by atoms with E-state index in [1.165, 1.54) is 22.6 Å². The molecule has 0 atom stereocenters. The van der Waals surface area contributed by atoms with Crippen LogP contribution in [0.4, 0.5) is 10.9 Å². The summed E-state index contributed by atoms with van der Waals surface area (Å²) in [4.78, 5) is 37.3. The van der Waals surface area contributed by atoms with Gasteiger partial charge >= 0.3 is 0 Å². The van der Waals surface area contributed by atoms with Crippen LogP contribution in [-0.2, 0) is 4.79 Å². The van der Waals surface area contributed by atoms with Gasteiger partial charge in [-0.25, -0.2) is 14.6 Å². The molecule has 2 amide bonds. The van der Waals surface area contributed by atoms with Gasteiger partial charge in [0.1, 0.15) is 17.5 Å². The third kappa shape index (κ3) is 4.53. The lowest BCUT2D eigenvalue weighted by atomic mass is 9.96. The van der Waals surface area contributed by atoms with Crippen molar-refractivity contribution >= 4 is 34.1 Å². The highest BCUT2D eigenvalue weighted by Crippen LogP contribution is 2.26. The predicted molar refractivity (Wildman–Crippen MR) is 115 cm³/mol. The molecule has 0 spiro atoms. The minimum atomic E-state index is -0.115. The first-order valence-corrected chi connectivity index (χ1v) is 10.7. The van der Waals surface area contributed by atoms with E-state index < -0.39 is 0 Å². The molecule has 0 unspecified atom stereocenters. The molecule has 1 aliphatic rings. The molecular weight excluding hydrogens is 418 g/mol. The largest absolute Gasteiger partial charge is 0.355 e. The highest BCUT2D eigenvalue weighted by atomic mass is 32.1. The molecule has 31 heavy (non-hydrogen) atoms. The summed E-state index contributed by atoms with van der Waals surface area (Å²) >= 11 is 1.21. The zero-order valence-electron chi connectivity index (χ0n) is 17.5. The lowest BCUT2D eigenvalue weighted by molar-refractivity contribution is -0.120. The molecule has 4 heterocycles. The Morgan fingerprint density at radius 3 is 2.48 bits per heavy atom. The average Bonchev–Trinajstić information content (AvgIpc) is 3.43. The zero-order chi connectivity index (χ0) is 22.0. The molecule has 0 radical (unpaired) electrons. The van der Waals surface area contributed by atoms with Crippen molar-refractivity contribution in [2.75, 3.05) is 37.4 Å². The molecule has 3 aromatic rings. The second kappa shape index (κ2) is 8.76. The van der Waals surface area contributed by atoms with E-state index in [4.69, 9.17) is 0 Å². The molecule has 4 rings (SSSR count). The number of rotatable bonds is 5. The lowest BCUT2D eigenvalue weighted by Gasteiger charge is -2.31. The van der Waals surface area contributed by atoms with Crippen molar-refractivity contribution in [2.24, 2.45) is 5.92 Å². The Morgan fingerprint density at radius 2 is 1.87 bits per heavy atom. The lowest BCUT2D eigenvalue weighted by Crippen LogP contribution is -2.38. The SMILES string of the molecule is Cc1nc(NC(=O)C2CCN(c3ccc(-n4cncn4)nn3)CC2)sc1C(=O)N(C)C. The second-order valence-corrected chi connectivity index (χ2v) is 8.47. The third-order valence-electron chi connectivity index (χ3n) is 5.11. The van der Waals surface area contributed by atoms with E-state index in [2.05, 4.69) is 35.5 Å². The molecule has 0 saturated carbocycles. The Labute approximate surface area is 183 Å². The maximum Gasteiger partial charge on any atom is 0.265 e. The highest BCUT2D eigenvalue weighted by molar-refractivity contribution is 7.17. The number of nitrogens with zero attached hydrogens (tertiary/aromatic N) is 8. The van der Waals surface area contributed by atoms with Crippen molar-refractivity contribution in [1.29, 1.82) is 0 Å². The fourth-order valence-electron chi connectivity index (χ4n) is 3.37. The number of aromatic nitrogens is 6. The first-order valence-electron chi connectivity index (χ1n) is 9.86. The van der Waals surface area contributed by atoms with Gasteiger partial charge in [-0.05, 0) is 31.9 Å². The molecule has 162 valence electrons. The normalized spacial score (nSPS) is 14.5. The van der Waals surface area contributed by atoms with Crippen molar-refractivity contribution in [3.05, 3.63) is 35.4 Å². The minimum absolute atomic E-state index is 0.0649. The van der Waals surface area contributed by atoms with E-state index in [-0.39, 0.29) is 17.7 Å². The number of piperidine rings is 1. The van der Waals surface area contributed by atoms with Crippen LogP contribution in [0.5, 0.6) is 0 Å². The minimum Gasteiger partial charge on any atom is -0.355 e. The third-order valence-corrected chi connectivity index (χ3v) is 6.17. The molecular formula is C19H23N9O2S. The first kappa shape index (κ1) is 20.8. The van der Waals surface area contributed by atoms with Crippen LogP contribution < -0.4 is 10.2 Å². The molecule has 3 aromatic heterocycles. The maximum absolute atomic E-state index is 12.7. The van der Waals surface area contributed by atoms with Crippen LogP contribution in [0.1, 0.15) is 28.2 Å². The summed E-state index contributed by atoms with van der Waals surface area (Å²) in [7, 11) is 3.39. The Kier molecular flexibility index (Phi) is 5.89. The molecule has 0 bridgehead atoms. The fourth-order valence-corrected chi connectivity index (χ4v) is 4.36. The van der Waals surface area contributed by atoms with Gasteiger partial charge in [0.25, 0.3) is 5.91 Å². The van der Waals surface area contributed by atoms with Crippen LogP contribution in [-0.4, -0.2) is 73.8 Å². The quantitative estimate of drug-likeness (QED) is 0.630. The molecule has 0 aliphatic carbocycles. The predicted octanol–water partition coefficient (Wildman–Crippen LogP) is 1.38. The first-order chi connectivity index (χ1) is 14.9. The molecule has 1 fully saturated rings. The van der Waals surface area contributed by atoms with Crippen molar-refractivity contribution in [3.8, 4) is 5.82 Å². The zero-order valence-corrected chi connectivity index (χ0v) is 18.3. The highest BCUT2D eigenvalue weighted by Gasteiger charge is 2.27. The molecule has 11 nitrogen and oxygen atoms in total. The van der Waals surface area contributed by atoms with E-state index in [0.717, 1.165) is 5.82 Å². The number of carbonyl (C=O) groups is 2. The molecule has 0 aromatic carbocycles. The number of thiazole rings is 1. The van der Waals surface area contributed by atoms with Crippen molar-refractivity contribution in [1.82, 2.24) is 34.8 Å². The van der Waals surface area contributed by atoms with Gasteiger partial charge in [-0.15, -0.1) is 10.2 Å². The maximum atomic E-state index is 12.7. The van der Waals surface area contributed by atoms with Crippen molar-refractivity contribution < 1.29 is 9.59 Å². The van der Waals surface area contributed by atoms with E-state index in [0.29, 0.717) is 47.5 Å². The Morgan fingerprint density at radius 1 is 1.16 bits per heavy atom. The van der Waals surface area contributed by atoms with E-state index in [1.807, 2.05) is 12.1 Å². The standard InChI is InChI=1S/C19H23N9O2S/c1-12-16(18(30)26(2)3)31-19(22-12)23-17(29)13-6-8-27(9-7-13)14-4-5-15(25-24-14)28-11-20-10-21-28/h4-5,10-11,13H,6-9H2,1-3H3,(H,22,23,29). The van der Waals surface area contributed by atoms with Crippen LogP contribution in [0, 0.1) is 12.8 Å². The monoisotopic (exact) mass is 441 g/mol. The summed E-state index contributed by atoms with van der Waals surface area (Å²) in [5.74, 6) is 1.08. The Hall–Kier alpha value is -3.41.